The number of carbonyl (C=O) groups excluding carboxylic acids is 5. The third kappa shape index (κ3) is 6.34. The van der Waals surface area contributed by atoms with E-state index < -0.39 is 116 Å². The Bertz CT molecular complexity index is 1340. The van der Waals surface area contributed by atoms with Crippen molar-refractivity contribution < 1.29 is 40.4 Å². The first-order chi connectivity index (χ1) is 21.8. The van der Waals surface area contributed by atoms with Gasteiger partial charge in [-0.3, -0.25) is 19.2 Å². The number of rotatable bonds is 9. The van der Waals surface area contributed by atoms with Gasteiger partial charge in [0.25, 0.3) is 5.91 Å². The predicted octanol–water partition coefficient (Wildman–Crippen LogP) is 2.80. The molecule has 9 nitrogen and oxygen atoms in total. The second-order valence-corrected chi connectivity index (χ2v) is 11.9. The second kappa shape index (κ2) is 10.0. The summed E-state index contributed by atoms with van der Waals surface area (Å²) in [5.74, 6) is -8.36. The summed E-state index contributed by atoms with van der Waals surface area (Å²) in [6.45, 7) is -7.88. The third-order valence-corrected chi connectivity index (χ3v) is 7.69. The molecule has 0 spiro atoms. The van der Waals surface area contributed by atoms with Crippen LogP contribution in [0, 0.1) is 34.5 Å². The molecular weight excluding hydrogens is 472 g/mol. The van der Waals surface area contributed by atoms with Crippen molar-refractivity contribution in [1.29, 1.82) is 0 Å². The van der Waals surface area contributed by atoms with Gasteiger partial charge in [-0.25, -0.2) is 4.79 Å². The fourth-order valence-corrected chi connectivity index (χ4v) is 5.48. The molecule has 3 fully saturated rings. The molecule has 1 saturated heterocycles. The van der Waals surface area contributed by atoms with E-state index in [1.54, 1.807) is 0 Å². The van der Waals surface area contributed by atoms with Crippen molar-refractivity contribution in [2.45, 2.75) is 105 Å². The Kier molecular flexibility index (Phi) is 4.47. The highest BCUT2D eigenvalue weighted by molar-refractivity contribution is 6.36. The molecule has 0 aromatic rings. The van der Waals surface area contributed by atoms with E-state index in [1.807, 2.05) is 0 Å². The fourth-order valence-electron chi connectivity index (χ4n) is 5.48. The van der Waals surface area contributed by atoms with Crippen molar-refractivity contribution in [3.8, 4) is 0 Å². The zero-order valence-corrected chi connectivity index (χ0v) is 21.8. The molecule has 1 unspecified atom stereocenters. The Hall–Kier alpha value is -2.45. The normalized spacial score (nSPS) is 32.5. The quantitative estimate of drug-likeness (QED) is 0.394. The van der Waals surface area contributed by atoms with E-state index in [4.69, 9.17) is 22.2 Å². The number of nitrogens with zero attached hydrogens (tertiary/aromatic N) is 1. The van der Waals surface area contributed by atoms with Crippen LogP contribution in [0.15, 0.2) is 0 Å². The van der Waals surface area contributed by atoms with Crippen LogP contribution in [0.25, 0.3) is 0 Å². The molecule has 5 atom stereocenters. The van der Waals surface area contributed by atoms with Gasteiger partial charge < -0.3 is 21.3 Å². The van der Waals surface area contributed by atoms with Crippen LogP contribution in [0.4, 0.5) is 4.79 Å². The van der Waals surface area contributed by atoms with E-state index in [2.05, 4.69) is 10.6 Å². The standard InChI is InChI=1S/C28H46N4O5/c1-26(2,3)22(30-25(37)31-27(4,5)6)24(36)32-14-17-19(28(17,7)8)20(32)18(33)13-16(21(34)23(29)35)12-15-10-9-11-15/h15-17,19-20,22H,9-14H2,1-8H3,(H2,29,35)(H2,30,31,37)/t16?,17-,19-,20+,22+/m0/s1/i1D3,4D3,7D3,8D3. The van der Waals surface area contributed by atoms with Gasteiger partial charge in [0.15, 0.2) is 5.78 Å². The molecule has 4 amide bonds. The minimum absolute atomic E-state index is 0.00579. The Labute approximate surface area is 237 Å². The lowest BCUT2D eigenvalue weighted by Crippen LogP contribution is -2.60. The average Bonchev–Trinajstić information content (AvgIpc) is 3.40. The molecule has 0 bridgehead atoms. The summed E-state index contributed by atoms with van der Waals surface area (Å²) < 4.78 is 96.7. The van der Waals surface area contributed by atoms with E-state index in [1.165, 1.54) is 13.8 Å². The molecule has 4 N–H and O–H groups in total. The van der Waals surface area contributed by atoms with Crippen molar-refractivity contribution >= 4 is 29.4 Å². The van der Waals surface area contributed by atoms with Gasteiger partial charge in [-0.1, -0.05) is 53.7 Å². The van der Waals surface area contributed by atoms with E-state index in [0.717, 1.165) is 38.0 Å². The van der Waals surface area contributed by atoms with Crippen LogP contribution < -0.4 is 16.4 Å². The molecule has 3 aliphatic rings. The molecule has 3 rings (SSSR count). The highest BCUT2D eigenvalue weighted by Crippen LogP contribution is 2.65. The summed E-state index contributed by atoms with van der Waals surface area (Å²) in [5, 5.41) is 4.47. The molecular formula is C28H46N4O5. The molecule has 0 aromatic heterocycles. The maximum absolute atomic E-state index is 14.4. The lowest BCUT2D eigenvalue weighted by atomic mass is 9.76. The Morgan fingerprint density at radius 2 is 1.78 bits per heavy atom. The van der Waals surface area contributed by atoms with Crippen LogP contribution in [-0.2, 0) is 19.2 Å². The molecule has 9 heteroatoms. The Morgan fingerprint density at radius 1 is 1.11 bits per heavy atom. The molecule has 208 valence electrons. The second-order valence-electron chi connectivity index (χ2n) is 11.9. The number of hydrogen-bond acceptors (Lipinski definition) is 5. The van der Waals surface area contributed by atoms with Crippen LogP contribution in [-0.4, -0.2) is 58.5 Å². The van der Waals surface area contributed by atoms with Crippen molar-refractivity contribution in [3.05, 3.63) is 0 Å². The average molecular weight is 531 g/mol. The minimum atomic E-state index is -3.13. The number of fused-ring (bicyclic) bond motifs is 1. The first kappa shape index (κ1) is 16.5. The molecule has 0 radical (unpaired) electrons. The van der Waals surface area contributed by atoms with E-state index in [9.17, 15) is 24.0 Å². The lowest BCUT2D eigenvalue weighted by Gasteiger charge is -2.38. The van der Waals surface area contributed by atoms with Crippen LogP contribution >= 0.6 is 0 Å². The van der Waals surface area contributed by atoms with Gasteiger partial charge >= 0.3 is 6.03 Å². The van der Waals surface area contributed by atoms with Gasteiger partial charge in [-0.05, 0) is 55.7 Å². The van der Waals surface area contributed by atoms with E-state index >= 15 is 0 Å². The number of primary amides is 1. The van der Waals surface area contributed by atoms with Crippen molar-refractivity contribution in [2.75, 3.05) is 6.54 Å². The highest BCUT2D eigenvalue weighted by Gasteiger charge is 2.69. The number of nitrogens with one attached hydrogen (secondary N) is 2. The minimum Gasteiger partial charge on any atom is -0.363 e. The Balaban J connectivity index is 2.11. The molecule has 1 heterocycles. The van der Waals surface area contributed by atoms with Crippen LogP contribution in [0.3, 0.4) is 0 Å². The highest BCUT2D eigenvalue weighted by atomic mass is 16.2. The van der Waals surface area contributed by atoms with Crippen molar-refractivity contribution in [3.63, 3.8) is 0 Å². The van der Waals surface area contributed by atoms with Gasteiger partial charge in [0.1, 0.15) is 6.04 Å². The number of amides is 4. The largest absolute Gasteiger partial charge is 0.363 e. The first-order valence-electron chi connectivity index (χ1n) is 18.6. The number of Topliss-reactive ketones (excluding diaryl/α,β-unsaturated/α-hetero) is 2. The zero-order chi connectivity index (χ0) is 38.1. The summed E-state index contributed by atoms with van der Waals surface area (Å²) in [5.41, 5.74) is -1.07. The summed E-state index contributed by atoms with van der Waals surface area (Å²) in [6.07, 6.45) is 1.78. The molecule has 37 heavy (non-hydrogen) atoms. The number of ketones is 2. The monoisotopic (exact) mass is 530 g/mol. The van der Waals surface area contributed by atoms with Crippen molar-refractivity contribution in [2.24, 2.45) is 40.2 Å². The summed E-state index contributed by atoms with van der Waals surface area (Å²) >= 11 is 0. The van der Waals surface area contributed by atoms with Gasteiger partial charge in [0.05, 0.1) is 6.04 Å². The van der Waals surface area contributed by atoms with Gasteiger partial charge in [0, 0.05) is 40.9 Å². The van der Waals surface area contributed by atoms with Crippen molar-refractivity contribution in [1.82, 2.24) is 15.5 Å². The number of hydrogen-bond donors (Lipinski definition) is 3. The summed E-state index contributed by atoms with van der Waals surface area (Å²) in [7, 11) is 0. The van der Waals surface area contributed by atoms with Crippen LogP contribution in [0.1, 0.15) is 104 Å². The maximum atomic E-state index is 14.4. The maximum Gasteiger partial charge on any atom is 0.315 e. The smallest absolute Gasteiger partial charge is 0.315 e. The number of likely N-dealkylation sites (tertiary alicyclic amines) is 1. The molecule has 2 saturated carbocycles. The van der Waals surface area contributed by atoms with Gasteiger partial charge in [0.2, 0.25) is 11.7 Å². The zero-order valence-electron chi connectivity index (χ0n) is 33.8. The predicted molar refractivity (Wildman–Crippen MR) is 140 cm³/mol. The van der Waals surface area contributed by atoms with E-state index in [0.29, 0.717) is 0 Å². The fraction of sp³-hybridized carbons (Fsp3) is 0.821. The molecule has 2 aliphatic carbocycles. The SMILES string of the molecule is [2H]C([2H])([2H])C(C)(C)NC(=O)N[C@H](C(=O)N1C[C@H]2[C@@H]([C@H]1C(=O)CC(CC1CCC1)C(=O)C(N)=O)C2(C([2H])([2H])[2H])C([2H])([2H])[2H])C(C)(C)C([2H])([2H])[2H]. The molecule has 0 aromatic carbocycles. The summed E-state index contributed by atoms with van der Waals surface area (Å²) in [4.78, 5) is 67.4. The number of nitrogens with two attached hydrogens (primary N) is 1. The Morgan fingerprint density at radius 3 is 2.30 bits per heavy atom. The molecule has 1 aliphatic heterocycles. The van der Waals surface area contributed by atoms with Gasteiger partial charge in [-0.2, -0.15) is 0 Å². The van der Waals surface area contributed by atoms with Crippen LogP contribution in [0.2, 0.25) is 0 Å². The topological polar surface area (TPSA) is 139 Å². The number of piperidine rings is 1. The first-order valence-corrected chi connectivity index (χ1v) is 12.6. The number of carbonyl (C=O) groups is 5. The van der Waals surface area contributed by atoms with Gasteiger partial charge in [-0.15, -0.1) is 0 Å². The summed E-state index contributed by atoms with van der Waals surface area (Å²) in [6, 6.07) is -4.97. The van der Waals surface area contributed by atoms with Crippen LogP contribution in [0.5, 0.6) is 0 Å². The third-order valence-electron chi connectivity index (χ3n) is 7.69. The van der Waals surface area contributed by atoms with E-state index in [-0.39, 0.29) is 12.3 Å². The number of urea groups is 1. The lowest BCUT2D eigenvalue weighted by molar-refractivity contribution is -0.144.